The summed E-state index contributed by atoms with van der Waals surface area (Å²) in [5.74, 6) is 0. The van der Waals surface area contributed by atoms with Crippen molar-refractivity contribution in [1.82, 2.24) is 0 Å². The number of hydrogen-bond donors (Lipinski definition) is 1. The fraction of sp³-hybridized carbons (Fsp3) is 0.294. The molecule has 3 rings (SSSR count). The Labute approximate surface area is 139 Å². The first kappa shape index (κ1) is 14.7. The van der Waals surface area contributed by atoms with Gasteiger partial charge in [0.15, 0.2) is 0 Å². The van der Waals surface area contributed by atoms with Gasteiger partial charge in [-0.05, 0) is 70.7 Å². The van der Waals surface area contributed by atoms with Crippen LogP contribution in [0.1, 0.15) is 18.4 Å². The van der Waals surface area contributed by atoms with E-state index in [-0.39, 0.29) is 0 Å². The molecule has 1 saturated heterocycles. The van der Waals surface area contributed by atoms with E-state index >= 15 is 0 Å². The average Bonchev–Trinajstić information content (AvgIpc) is 3.03. The average molecular weight is 366 g/mol. The van der Waals surface area contributed by atoms with Gasteiger partial charge in [-0.3, -0.25) is 0 Å². The molecule has 1 heterocycles. The highest BCUT2D eigenvalue weighted by atomic mass is 79.9. The van der Waals surface area contributed by atoms with Gasteiger partial charge in [0.1, 0.15) is 0 Å². The molecule has 2 aromatic carbocycles. The summed E-state index contributed by atoms with van der Waals surface area (Å²) >= 11 is 9.46. The van der Waals surface area contributed by atoms with E-state index < -0.39 is 0 Å². The monoisotopic (exact) mass is 364 g/mol. The predicted molar refractivity (Wildman–Crippen MR) is 94.4 cm³/mol. The molecule has 0 amide bonds. The van der Waals surface area contributed by atoms with Crippen LogP contribution in [-0.4, -0.2) is 13.1 Å². The molecular weight excluding hydrogens is 348 g/mol. The zero-order valence-electron chi connectivity index (χ0n) is 11.8. The Morgan fingerprint density at radius 2 is 1.76 bits per heavy atom. The molecule has 4 heteroatoms. The summed E-state index contributed by atoms with van der Waals surface area (Å²) in [5, 5.41) is 4.19. The SMILES string of the molecule is Clc1ccc(CNc2ccc(N3CCCC3)cc2)cc1Br. The molecule has 0 spiro atoms. The topological polar surface area (TPSA) is 15.3 Å². The summed E-state index contributed by atoms with van der Waals surface area (Å²) < 4.78 is 0.938. The van der Waals surface area contributed by atoms with Gasteiger partial charge in [-0.15, -0.1) is 0 Å². The van der Waals surface area contributed by atoms with Gasteiger partial charge in [0, 0.05) is 35.5 Å². The third-order valence-corrected chi connectivity index (χ3v) is 5.03. The summed E-state index contributed by atoms with van der Waals surface area (Å²) in [6.45, 7) is 3.16. The van der Waals surface area contributed by atoms with E-state index in [4.69, 9.17) is 11.6 Å². The Kier molecular flexibility index (Phi) is 4.71. The predicted octanol–water partition coefficient (Wildman–Crippen LogP) is 5.31. The molecule has 0 aliphatic carbocycles. The van der Waals surface area contributed by atoms with Crippen molar-refractivity contribution in [2.24, 2.45) is 0 Å². The first-order valence-electron chi connectivity index (χ1n) is 7.25. The second kappa shape index (κ2) is 6.71. The van der Waals surface area contributed by atoms with Crippen molar-refractivity contribution in [2.75, 3.05) is 23.3 Å². The van der Waals surface area contributed by atoms with Gasteiger partial charge in [0.25, 0.3) is 0 Å². The third-order valence-electron chi connectivity index (χ3n) is 3.82. The molecule has 21 heavy (non-hydrogen) atoms. The summed E-state index contributed by atoms with van der Waals surface area (Å²) in [7, 11) is 0. The molecule has 0 saturated carbocycles. The molecule has 2 nitrogen and oxygen atoms in total. The van der Waals surface area contributed by atoms with E-state index in [1.54, 1.807) is 0 Å². The smallest absolute Gasteiger partial charge is 0.0548 e. The molecule has 0 radical (unpaired) electrons. The van der Waals surface area contributed by atoms with Crippen molar-refractivity contribution in [3.8, 4) is 0 Å². The highest BCUT2D eigenvalue weighted by molar-refractivity contribution is 9.10. The van der Waals surface area contributed by atoms with Crippen LogP contribution in [0.3, 0.4) is 0 Å². The number of benzene rings is 2. The Morgan fingerprint density at radius 3 is 2.43 bits per heavy atom. The van der Waals surface area contributed by atoms with Crippen LogP contribution >= 0.6 is 27.5 Å². The Hall–Kier alpha value is -1.19. The van der Waals surface area contributed by atoms with Gasteiger partial charge in [-0.1, -0.05) is 17.7 Å². The zero-order chi connectivity index (χ0) is 14.7. The first-order chi connectivity index (χ1) is 10.2. The Morgan fingerprint density at radius 1 is 1.05 bits per heavy atom. The molecule has 0 unspecified atom stereocenters. The summed E-state index contributed by atoms with van der Waals surface area (Å²) in [6, 6.07) is 14.7. The summed E-state index contributed by atoms with van der Waals surface area (Å²) in [4.78, 5) is 2.44. The standard InChI is InChI=1S/C17H18BrClN2/c18-16-11-13(3-8-17(16)19)12-20-14-4-6-15(7-5-14)21-9-1-2-10-21/h3-8,11,20H,1-2,9-10,12H2. The summed E-state index contributed by atoms with van der Waals surface area (Å²) in [6.07, 6.45) is 2.62. The first-order valence-corrected chi connectivity index (χ1v) is 8.42. The maximum absolute atomic E-state index is 6.01. The van der Waals surface area contributed by atoms with Crippen LogP contribution in [-0.2, 0) is 6.54 Å². The lowest BCUT2D eigenvalue weighted by atomic mass is 10.2. The number of hydrogen-bond acceptors (Lipinski definition) is 2. The van der Waals surface area contributed by atoms with E-state index in [0.29, 0.717) is 0 Å². The largest absolute Gasteiger partial charge is 0.381 e. The highest BCUT2D eigenvalue weighted by Gasteiger charge is 2.11. The lowest BCUT2D eigenvalue weighted by Gasteiger charge is -2.18. The van der Waals surface area contributed by atoms with Crippen molar-refractivity contribution < 1.29 is 0 Å². The second-order valence-electron chi connectivity index (χ2n) is 5.34. The van der Waals surface area contributed by atoms with E-state index in [9.17, 15) is 0 Å². The Balaban J connectivity index is 1.61. The van der Waals surface area contributed by atoms with Gasteiger partial charge < -0.3 is 10.2 Å². The minimum atomic E-state index is 0.744. The van der Waals surface area contributed by atoms with Gasteiger partial charge in [-0.25, -0.2) is 0 Å². The van der Waals surface area contributed by atoms with Crippen LogP contribution in [0, 0.1) is 0 Å². The van der Waals surface area contributed by atoms with Crippen LogP contribution in [0.5, 0.6) is 0 Å². The number of anilines is 2. The third kappa shape index (κ3) is 3.72. The lowest BCUT2D eigenvalue weighted by Crippen LogP contribution is -2.17. The molecule has 1 N–H and O–H groups in total. The van der Waals surface area contributed by atoms with Gasteiger partial charge in [0.05, 0.1) is 5.02 Å². The number of rotatable bonds is 4. The minimum absolute atomic E-state index is 0.744. The highest BCUT2D eigenvalue weighted by Crippen LogP contribution is 2.25. The molecule has 1 aliphatic rings. The Bertz CT molecular complexity index is 607. The molecule has 1 aliphatic heterocycles. The molecule has 2 aromatic rings. The van der Waals surface area contributed by atoms with Gasteiger partial charge >= 0.3 is 0 Å². The van der Waals surface area contributed by atoms with E-state index in [0.717, 1.165) is 21.7 Å². The fourth-order valence-corrected chi connectivity index (χ4v) is 3.16. The molecule has 0 aromatic heterocycles. The van der Waals surface area contributed by atoms with Crippen molar-refractivity contribution >= 4 is 38.9 Å². The minimum Gasteiger partial charge on any atom is -0.381 e. The zero-order valence-corrected chi connectivity index (χ0v) is 14.1. The number of halogens is 2. The molecule has 110 valence electrons. The van der Waals surface area contributed by atoms with E-state index in [2.05, 4.69) is 50.4 Å². The van der Waals surface area contributed by atoms with Crippen LogP contribution in [0.2, 0.25) is 5.02 Å². The molecule has 0 atom stereocenters. The van der Waals surface area contributed by atoms with Crippen LogP contribution in [0.15, 0.2) is 46.9 Å². The normalized spacial score (nSPS) is 14.5. The maximum Gasteiger partial charge on any atom is 0.0548 e. The van der Waals surface area contributed by atoms with Crippen LogP contribution in [0.4, 0.5) is 11.4 Å². The molecule has 0 bridgehead atoms. The maximum atomic E-state index is 6.01. The van der Waals surface area contributed by atoms with Crippen molar-refractivity contribution in [1.29, 1.82) is 0 Å². The van der Waals surface area contributed by atoms with Gasteiger partial charge in [0.2, 0.25) is 0 Å². The quantitative estimate of drug-likeness (QED) is 0.789. The van der Waals surface area contributed by atoms with Gasteiger partial charge in [-0.2, -0.15) is 0 Å². The molecule has 1 fully saturated rings. The van der Waals surface area contributed by atoms with Crippen LogP contribution < -0.4 is 10.2 Å². The number of nitrogens with zero attached hydrogens (tertiary/aromatic N) is 1. The van der Waals surface area contributed by atoms with E-state index in [1.807, 2.05) is 18.2 Å². The van der Waals surface area contributed by atoms with E-state index in [1.165, 1.54) is 37.2 Å². The van der Waals surface area contributed by atoms with Crippen molar-refractivity contribution in [2.45, 2.75) is 19.4 Å². The lowest BCUT2D eigenvalue weighted by molar-refractivity contribution is 0.949. The summed E-state index contributed by atoms with van der Waals surface area (Å²) in [5.41, 5.74) is 3.67. The van der Waals surface area contributed by atoms with Crippen LogP contribution in [0.25, 0.3) is 0 Å². The van der Waals surface area contributed by atoms with Crippen molar-refractivity contribution in [3.63, 3.8) is 0 Å². The number of nitrogens with one attached hydrogen (secondary N) is 1. The fourth-order valence-electron chi connectivity index (χ4n) is 2.62. The van der Waals surface area contributed by atoms with Crippen molar-refractivity contribution in [3.05, 3.63) is 57.5 Å². The molecular formula is C17H18BrClN2. The second-order valence-corrected chi connectivity index (χ2v) is 6.60.